The van der Waals surface area contributed by atoms with Crippen LogP contribution in [0, 0.1) is 40.9 Å². The molecule has 0 amide bonds. The van der Waals surface area contributed by atoms with Gasteiger partial charge in [-0.05, 0) is 86.8 Å². The molecule has 4 aliphatic carbocycles. The SMILES string of the molecule is CC#C[C@]1(O)C=C[C@H]2[C@@H]3CCC4=CC(=O)CC[C@@H]4[C@H]3[C@@H](c3ccc(C(C)=O)cc3)C[C@@]21C. The summed E-state index contributed by atoms with van der Waals surface area (Å²) < 4.78 is 0. The Labute approximate surface area is 191 Å². The van der Waals surface area contributed by atoms with Gasteiger partial charge in [0.2, 0.25) is 0 Å². The van der Waals surface area contributed by atoms with Gasteiger partial charge in [0.05, 0.1) is 0 Å². The van der Waals surface area contributed by atoms with Crippen molar-refractivity contribution in [1.82, 2.24) is 0 Å². The Balaban J connectivity index is 1.62. The van der Waals surface area contributed by atoms with Crippen molar-refractivity contribution in [1.29, 1.82) is 0 Å². The summed E-state index contributed by atoms with van der Waals surface area (Å²) in [5, 5.41) is 11.6. The number of ketones is 2. The van der Waals surface area contributed by atoms with Crippen LogP contribution < -0.4 is 0 Å². The van der Waals surface area contributed by atoms with Crippen LogP contribution in [-0.2, 0) is 4.79 Å². The van der Waals surface area contributed by atoms with Crippen molar-refractivity contribution >= 4 is 11.6 Å². The molecule has 5 rings (SSSR count). The number of aliphatic hydroxyl groups is 1. The molecule has 0 aromatic heterocycles. The Morgan fingerprint density at radius 2 is 1.88 bits per heavy atom. The van der Waals surface area contributed by atoms with Crippen molar-refractivity contribution < 1.29 is 14.7 Å². The maximum Gasteiger partial charge on any atom is 0.159 e. The predicted molar refractivity (Wildman–Crippen MR) is 125 cm³/mol. The Kier molecular flexibility index (Phi) is 5.06. The van der Waals surface area contributed by atoms with E-state index in [0.29, 0.717) is 24.2 Å². The molecular weight excluding hydrogens is 396 g/mol. The number of rotatable bonds is 2. The van der Waals surface area contributed by atoms with Crippen LogP contribution in [0.4, 0.5) is 0 Å². The number of hydrogen-bond donors (Lipinski definition) is 1. The first-order valence-corrected chi connectivity index (χ1v) is 12.0. The van der Waals surface area contributed by atoms with E-state index < -0.39 is 5.60 Å². The highest BCUT2D eigenvalue weighted by atomic mass is 16.3. The zero-order valence-electron chi connectivity index (χ0n) is 19.2. The van der Waals surface area contributed by atoms with E-state index in [2.05, 4.69) is 37.0 Å². The Hall–Kier alpha value is -2.44. The largest absolute Gasteiger partial charge is 0.373 e. The molecule has 7 atom stereocenters. The summed E-state index contributed by atoms with van der Waals surface area (Å²) in [5.74, 6) is 8.30. The van der Waals surface area contributed by atoms with Gasteiger partial charge in [0.1, 0.15) is 5.60 Å². The van der Waals surface area contributed by atoms with Crippen molar-refractivity contribution in [2.75, 3.05) is 0 Å². The fourth-order valence-corrected chi connectivity index (χ4v) is 7.47. The van der Waals surface area contributed by atoms with Gasteiger partial charge in [-0.2, -0.15) is 0 Å². The van der Waals surface area contributed by atoms with Gasteiger partial charge < -0.3 is 5.11 Å². The van der Waals surface area contributed by atoms with Crippen LogP contribution in [0.25, 0.3) is 0 Å². The summed E-state index contributed by atoms with van der Waals surface area (Å²) >= 11 is 0. The smallest absolute Gasteiger partial charge is 0.159 e. The van der Waals surface area contributed by atoms with Gasteiger partial charge in [-0.1, -0.05) is 48.8 Å². The standard InChI is InChI=1S/C29H32O3/c1-4-14-29(32)15-13-26-24-11-9-21-16-22(31)10-12-23(21)27(24)25(17-28(26,29)3)20-7-5-19(6-8-20)18(2)30/h5-8,13,15-16,23-27,32H,9-12,17H2,1-3H3/t23-,24-,25+,26-,27+,28-,29-/m0/s1. The van der Waals surface area contributed by atoms with E-state index >= 15 is 0 Å². The lowest BCUT2D eigenvalue weighted by atomic mass is 9.46. The van der Waals surface area contributed by atoms with Crippen LogP contribution in [0.15, 0.2) is 48.1 Å². The third-order valence-corrected chi connectivity index (χ3v) is 9.03. The first-order chi connectivity index (χ1) is 15.3. The molecule has 4 aliphatic rings. The van der Waals surface area contributed by atoms with Gasteiger partial charge >= 0.3 is 0 Å². The van der Waals surface area contributed by atoms with Crippen molar-refractivity contribution in [2.45, 2.75) is 64.4 Å². The van der Waals surface area contributed by atoms with Crippen molar-refractivity contribution in [3.05, 3.63) is 59.2 Å². The minimum Gasteiger partial charge on any atom is -0.373 e. The van der Waals surface area contributed by atoms with Gasteiger partial charge in [0, 0.05) is 17.4 Å². The zero-order chi connectivity index (χ0) is 22.7. The Morgan fingerprint density at radius 3 is 2.56 bits per heavy atom. The molecule has 2 saturated carbocycles. The fourth-order valence-electron chi connectivity index (χ4n) is 7.47. The van der Waals surface area contributed by atoms with Gasteiger partial charge in [-0.3, -0.25) is 9.59 Å². The molecular formula is C29H32O3. The number of carbonyl (C=O) groups excluding carboxylic acids is 2. The number of fused-ring (bicyclic) bond motifs is 5. The lowest BCUT2D eigenvalue weighted by molar-refractivity contribution is -0.116. The highest BCUT2D eigenvalue weighted by Crippen LogP contribution is 2.66. The molecule has 0 bridgehead atoms. The first-order valence-electron chi connectivity index (χ1n) is 12.0. The van der Waals surface area contributed by atoms with E-state index in [4.69, 9.17) is 0 Å². The normalized spacial score (nSPS) is 39.8. The maximum atomic E-state index is 12.2. The van der Waals surface area contributed by atoms with E-state index in [9.17, 15) is 14.7 Å². The molecule has 0 saturated heterocycles. The third kappa shape index (κ3) is 3.07. The van der Waals surface area contributed by atoms with Crippen LogP contribution in [0.2, 0.25) is 0 Å². The van der Waals surface area contributed by atoms with Gasteiger partial charge in [0.15, 0.2) is 11.6 Å². The summed E-state index contributed by atoms with van der Waals surface area (Å²) in [7, 11) is 0. The lowest BCUT2D eigenvalue weighted by Crippen LogP contribution is -2.55. The molecule has 0 spiro atoms. The Morgan fingerprint density at radius 1 is 1.12 bits per heavy atom. The lowest BCUT2D eigenvalue weighted by Gasteiger charge is -2.58. The van der Waals surface area contributed by atoms with Crippen LogP contribution in [0.5, 0.6) is 0 Å². The van der Waals surface area contributed by atoms with Crippen LogP contribution >= 0.6 is 0 Å². The van der Waals surface area contributed by atoms with E-state index in [1.54, 1.807) is 13.8 Å². The predicted octanol–water partition coefficient (Wildman–Crippen LogP) is 5.25. The second-order valence-electron chi connectivity index (χ2n) is 10.5. The van der Waals surface area contributed by atoms with Crippen molar-refractivity contribution in [3.8, 4) is 11.8 Å². The summed E-state index contributed by atoms with van der Waals surface area (Å²) in [5.41, 5.74) is 1.83. The molecule has 3 heteroatoms. The van der Waals surface area contributed by atoms with E-state index in [0.717, 1.165) is 31.2 Å². The van der Waals surface area contributed by atoms with Crippen LogP contribution in [0.3, 0.4) is 0 Å². The molecule has 3 nitrogen and oxygen atoms in total. The molecule has 1 N–H and O–H groups in total. The molecule has 32 heavy (non-hydrogen) atoms. The first kappa shape index (κ1) is 21.4. The van der Waals surface area contributed by atoms with E-state index in [1.807, 2.05) is 24.3 Å². The third-order valence-electron chi connectivity index (χ3n) is 9.03. The quantitative estimate of drug-likeness (QED) is 0.397. The molecule has 1 aromatic rings. The number of benzene rings is 1. The summed E-state index contributed by atoms with van der Waals surface area (Å²) in [6, 6.07) is 8.11. The molecule has 0 heterocycles. The summed E-state index contributed by atoms with van der Waals surface area (Å²) in [6.07, 6.45) is 10.5. The summed E-state index contributed by atoms with van der Waals surface area (Å²) in [6.45, 7) is 5.61. The fraction of sp³-hybridized carbons (Fsp3) is 0.517. The van der Waals surface area contributed by atoms with Crippen molar-refractivity contribution in [2.24, 2.45) is 29.1 Å². The molecule has 0 unspecified atom stereocenters. The van der Waals surface area contributed by atoms with Gasteiger partial charge in [0.25, 0.3) is 0 Å². The second kappa shape index (κ2) is 7.56. The highest BCUT2D eigenvalue weighted by molar-refractivity contribution is 5.94. The number of carbonyl (C=O) groups is 2. The Bertz CT molecular complexity index is 1080. The van der Waals surface area contributed by atoms with E-state index in [-0.39, 0.29) is 28.8 Å². The second-order valence-corrected chi connectivity index (χ2v) is 10.5. The van der Waals surface area contributed by atoms with Gasteiger partial charge in [-0.15, -0.1) is 5.92 Å². The summed E-state index contributed by atoms with van der Waals surface area (Å²) in [4.78, 5) is 24.0. The minimum atomic E-state index is -1.12. The molecule has 166 valence electrons. The molecule has 0 aliphatic heterocycles. The molecule has 0 radical (unpaired) electrons. The highest BCUT2D eigenvalue weighted by Gasteiger charge is 2.62. The number of hydrogen-bond acceptors (Lipinski definition) is 3. The maximum absolute atomic E-state index is 12.2. The van der Waals surface area contributed by atoms with E-state index in [1.165, 1.54) is 11.1 Å². The minimum absolute atomic E-state index is 0.0753. The number of allylic oxidation sites excluding steroid dienone is 3. The monoisotopic (exact) mass is 428 g/mol. The average molecular weight is 429 g/mol. The average Bonchev–Trinajstić information content (AvgIpc) is 3.03. The van der Waals surface area contributed by atoms with Crippen LogP contribution in [0.1, 0.15) is 74.7 Å². The van der Waals surface area contributed by atoms with Crippen molar-refractivity contribution in [3.63, 3.8) is 0 Å². The zero-order valence-corrected chi connectivity index (χ0v) is 19.2. The molecule has 1 aromatic carbocycles. The number of Topliss-reactive ketones (excluding diaryl/α,β-unsaturated/α-hetero) is 1. The topological polar surface area (TPSA) is 54.4 Å². The van der Waals surface area contributed by atoms with Gasteiger partial charge in [-0.25, -0.2) is 0 Å². The molecule has 2 fully saturated rings. The van der Waals surface area contributed by atoms with Crippen LogP contribution in [-0.4, -0.2) is 22.3 Å².